The van der Waals surface area contributed by atoms with Crippen molar-refractivity contribution in [3.05, 3.63) is 60.4 Å². The molecule has 0 aromatic heterocycles. The zero-order chi connectivity index (χ0) is 29.8. The number of carbonyl (C=O) groups is 1. The van der Waals surface area contributed by atoms with E-state index in [1.807, 2.05) is 30.3 Å². The van der Waals surface area contributed by atoms with Crippen LogP contribution in [0, 0.1) is 0 Å². The molecular weight excluding hydrogens is 577 g/mol. The fourth-order valence-electron chi connectivity index (χ4n) is 2.54. The molecule has 0 amide bonds. The molecule has 2 aliphatic carbocycles. The van der Waals surface area contributed by atoms with E-state index in [9.17, 15) is 26.4 Å². The maximum absolute atomic E-state index is 11.7. The maximum atomic E-state index is 11.7. The van der Waals surface area contributed by atoms with Crippen molar-refractivity contribution in [1.29, 1.82) is 0 Å². The Kier molecular flexibility index (Phi) is 17.3. The Balaban J connectivity index is 0. The van der Waals surface area contributed by atoms with Crippen LogP contribution in [-0.2, 0) is 23.2 Å². The number of alkyl halides is 3. The Morgan fingerprint density at radius 2 is 1.44 bits per heavy atom. The molecule has 0 fully saturated rings. The zero-order valence-corrected chi connectivity index (χ0v) is 28.6. The Hall–Kier alpha value is -1.21. The van der Waals surface area contributed by atoms with Gasteiger partial charge in [-0.15, -0.1) is 6.07 Å². The molecule has 0 aliphatic heterocycles. The van der Waals surface area contributed by atoms with Gasteiger partial charge in [0, 0.05) is 6.42 Å². The summed E-state index contributed by atoms with van der Waals surface area (Å²) in [5.74, 6) is 2.35. The van der Waals surface area contributed by atoms with Crippen molar-refractivity contribution in [2.24, 2.45) is 0 Å². The minimum Gasteiger partial charge on any atom is -0.612 e. The van der Waals surface area contributed by atoms with Gasteiger partial charge in [-0.2, -0.15) is 39.8 Å². The number of halogens is 3. The predicted molar refractivity (Wildman–Crippen MR) is 155 cm³/mol. The number of hydrogen-bond donors (Lipinski definition) is 0. The largest absolute Gasteiger partial charge is 1.00 e. The van der Waals surface area contributed by atoms with Crippen molar-refractivity contribution >= 4 is 40.9 Å². The Morgan fingerprint density at radius 3 is 1.69 bits per heavy atom. The number of allylic oxidation sites excluding steroid dienone is 5. The average Bonchev–Trinajstić information content (AvgIpc) is 3.43. The standard InChI is InChI=1S/C8H14OSi.C8H13OSi.C5H6O.C4H9F3O3SSi.Li/c2*1-10(2,3)9-8-6-4-5-7-8;6-5-3-1-2-4-5;1-12(2,3)10-11(8,9)4(5,6)7;/h4,6-7H,5H2,1-3H3;4-7H,1-3H3;1,3H,2,4H2;1-3H3;/q;-1;;;+1. The van der Waals surface area contributed by atoms with Crippen LogP contribution in [0.25, 0.3) is 0 Å². The molecule has 6 nitrogen and oxygen atoms in total. The topological polar surface area (TPSA) is 78.9 Å². The first-order valence-electron chi connectivity index (χ1n) is 12.2. The van der Waals surface area contributed by atoms with E-state index < -0.39 is 40.6 Å². The van der Waals surface area contributed by atoms with E-state index in [4.69, 9.17) is 8.85 Å². The average molecular weight is 619 g/mol. The van der Waals surface area contributed by atoms with E-state index in [2.05, 4.69) is 61.4 Å². The van der Waals surface area contributed by atoms with Gasteiger partial charge in [-0.05, 0) is 90.0 Å². The van der Waals surface area contributed by atoms with Crippen molar-refractivity contribution in [2.75, 3.05) is 0 Å². The van der Waals surface area contributed by atoms with Gasteiger partial charge in [0.2, 0.25) is 25.0 Å². The first-order chi connectivity index (χ1) is 17.0. The molecule has 3 rings (SSSR count). The third-order valence-corrected chi connectivity index (χ3v) is 8.86. The summed E-state index contributed by atoms with van der Waals surface area (Å²) >= 11 is 0. The van der Waals surface area contributed by atoms with Gasteiger partial charge in [-0.25, -0.2) is 0 Å². The summed E-state index contributed by atoms with van der Waals surface area (Å²) in [6.07, 6.45) is 12.6. The summed E-state index contributed by atoms with van der Waals surface area (Å²) in [5, 5.41) is 0. The van der Waals surface area contributed by atoms with Crippen molar-refractivity contribution in [2.45, 2.75) is 83.7 Å². The minimum absolute atomic E-state index is 0. The molecule has 0 N–H and O–H groups in total. The zero-order valence-electron chi connectivity index (χ0n) is 24.8. The molecular formula is C25H42F3LiO6SSi3. The van der Waals surface area contributed by atoms with Crippen LogP contribution in [0.1, 0.15) is 19.3 Å². The molecule has 0 unspecified atom stereocenters. The van der Waals surface area contributed by atoms with Crippen LogP contribution in [0.4, 0.5) is 13.2 Å². The summed E-state index contributed by atoms with van der Waals surface area (Å²) in [7, 11) is -10.8. The van der Waals surface area contributed by atoms with Crippen molar-refractivity contribution in [3.63, 3.8) is 0 Å². The Labute approximate surface area is 247 Å². The van der Waals surface area contributed by atoms with Gasteiger partial charge >= 0.3 is 34.5 Å². The van der Waals surface area contributed by atoms with Gasteiger partial charge in [0.1, 0.15) is 0 Å². The van der Waals surface area contributed by atoms with E-state index in [0.717, 1.165) is 30.8 Å². The molecule has 0 spiro atoms. The van der Waals surface area contributed by atoms with Crippen LogP contribution >= 0.6 is 0 Å². The molecule has 1 aromatic carbocycles. The van der Waals surface area contributed by atoms with Crippen LogP contribution in [0.2, 0.25) is 58.9 Å². The van der Waals surface area contributed by atoms with Crippen molar-refractivity contribution in [3.8, 4) is 5.75 Å². The second kappa shape index (κ2) is 16.9. The third kappa shape index (κ3) is 22.2. The molecule has 0 saturated carbocycles. The molecule has 0 bridgehead atoms. The van der Waals surface area contributed by atoms with Crippen LogP contribution in [0.5, 0.6) is 5.75 Å². The van der Waals surface area contributed by atoms with Crippen LogP contribution in [0.15, 0.2) is 60.4 Å². The molecule has 0 atom stereocenters. The van der Waals surface area contributed by atoms with Gasteiger partial charge < -0.3 is 12.7 Å². The fourth-order valence-corrected chi connectivity index (χ4v) is 7.26. The fraction of sp³-hybridized carbons (Fsp3) is 0.520. The number of ketones is 1. The number of rotatable bonds is 6. The quantitative estimate of drug-likeness (QED) is 0.257. The number of carbonyl (C=O) groups excluding carboxylic acids is 1. The van der Waals surface area contributed by atoms with Crippen LogP contribution in [0.3, 0.4) is 0 Å². The van der Waals surface area contributed by atoms with E-state index in [0.29, 0.717) is 0 Å². The number of hydrogen-bond acceptors (Lipinski definition) is 6. The summed E-state index contributed by atoms with van der Waals surface area (Å²) in [4.78, 5) is 10.2. The molecule has 218 valence electrons. The minimum atomic E-state index is -5.39. The first kappa shape index (κ1) is 39.9. The second-order valence-electron chi connectivity index (χ2n) is 11.3. The predicted octanol–water partition coefficient (Wildman–Crippen LogP) is 4.90. The van der Waals surface area contributed by atoms with Crippen molar-refractivity contribution in [1.82, 2.24) is 0 Å². The first-order valence-corrected chi connectivity index (χ1v) is 23.8. The molecule has 39 heavy (non-hydrogen) atoms. The van der Waals surface area contributed by atoms with E-state index in [1.165, 1.54) is 19.6 Å². The smallest absolute Gasteiger partial charge is 0.612 e. The Bertz CT molecular complexity index is 1050. The van der Waals surface area contributed by atoms with Gasteiger partial charge in [0.25, 0.3) is 0 Å². The van der Waals surface area contributed by atoms with E-state index in [1.54, 1.807) is 6.08 Å². The molecule has 2 aliphatic rings. The summed E-state index contributed by atoms with van der Waals surface area (Å²) < 4.78 is 71.1. The normalized spacial score (nSPS) is 15.0. The second-order valence-corrected chi connectivity index (χ2v) is 26.4. The molecule has 14 heteroatoms. The molecule has 0 radical (unpaired) electrons. The van der Waals surface area contributed by atoms with E-state index in [-0.39, 0.29) is 24.6 Å². The molecule has 1 aromatic rings. The third-order valence-electron chi connectivity index (χ3n) is 3.72. The summed E-state index contributed by atoms with van der Waals surface area (Å²) in [6, 6.07) is 7.99. The van der Waals surface area contributed by atoms with Gasteiger partial charge in [-0.3, -0.25) is 4.79 Å². The van der Waals surface area contributed by atoms with Gasteiger partial charge in [0.15, 0.2) is 5.78 Å². The molecule has 0 heterocycles. The van der Waals surface area contributed by atoms with E-state index >= 15 is 0 Å². The van der Waals surface area contributed by atoms with Gasteiger partial charge in [-0.1, -0.05) is 17.9 Å². The maximum Gasteiger partial charge on any atom is 1.00 e. The van der Waals surface area contributed by atoms with Crippen molar-refractivity contribution < 1.29 is 58.0 Å². The summed E-state index contributed by atoms with van der Waals surface area (Å²) in [5.41, 5.74) is -5.31. The van der Waals surface area contributed by atoms with Crippen LogP contribution in [-0.4, -0.2) is 44.7 Å². The Morgan fingerprint density at radius 1 is 0.872 bits per heavy atom. The monoisotopic (exact) mass is 618 g/mol. The summed E-state index contributed by atoms with van der Waals surface area (Å²) in [6.45, 7) is 17.2. The van der Waals surface area contributed by atoms with Gasteiger partial charge in [0.05, 0.1) is 5.76 Å². The molecule has 0 saturated heterocycles. The van der Waals surface area contributed by atoms with Crippen LogP contribution < -0.4 is 23.3 Å². The SMILES string of the molecule is C[Si](C)(C)OC1=CCC=C1.C[Si](C)(C)OS(=O)(=O)C(F)(F)F.C[Si](C)(C)Oc1cc[cH-]c1.O=C1C=CCC1.[Li+].